The van der Waals surface area contributed by atoms with E-state index in [0.29, 0.717) is 6.54 Å². The number of hydrogen-bond acceptors (Lipinski definition) is 5. The topological polar surface area (TPSA) is 69.1 Å². The standard InChI is InChI=1S/C13H23N5S/c1-6-13(7-2,8-14)10-17-18-9(12(3,4)5)15-16-11(18)19-10/h6-8,14H2,1-5H3. The van der Waals surface area contributed by atoms with Crippen molar-refractivity contribution in [1.82, 2.24) is 19.8 Å². The van der Waals surface area contributed by atoms with Crippen LogP contribution in [-0.4, -0.2) is 26.4 Å². The van der Waals surface area contributed by atoms with Crippen molar-refractivity contribution < 1.29 is 0 Å². The van der Waals surface area contributed by atoms with E-state index in [1.54, 1.807) is 11.3 Å². The summed E-state index contributed by atoms with van der Waals surface area (Å²) in [6.07, 6.45) is 1.99. The van der Waals surface area contributed by atoms with Crippen LogP contribution in [0.2, 0.25) is 0 Å². The summed E-state index contributed by atoms with van der Waals surface area (Å²) >= 11 is 1.61. The number of aromatic nitrogens is 4. The van der Waals surface area contributed by atoms with Crippen LogP contribution >= 0.6 is 11.3 Å². The molecule has 0 aliphatic rings. The highest BCUT2D eigenvalue weighted by Gasteiger charge is 2.33. The fraction of sp³-hybridized carbons (Fsp3) is 0.769. The molecule has 106 valence electrons. The number of nitrogens with zero attached hydrogens (tertiary/aromatic N) is 4. The molecular weight excluding hydrogens is 258 g/mol. The van der Waals surface area contributed by atoms with Crippen molar-refractivity contribution in [1.29, 1.82) is 0 Å². The lowest BCUT2D eigenvalue weighted by molar-refractivity contribution is 0.398. The molecule has 2 heterocycles. The molecule has 0 aliphatic carbocycles. The molecule has 19 heavy (non-hydrogen) atoms. The van der Waals surface area contributed by atoms with Crippen LogP contribution in [0.4, 0.5) is 0 Å². The summed E-state index contributed by atoms with van der Waals surface area (Å²) in [7, 11) is 0. The predicted octanol–water partition coefficient (Wildman–Crippen LogP) is 2.50. The molecule has 2 aromatic heterocycles. The highest BCUT2D eigenvalue weighted by atomic mass is 32.1. The zero-order valence-electron chi connectivity index (χ0n) is 12.4. The first-order valence-electron chi connectivity index (χ1n) is 6.81. The van der Waals surface area contributed by atoms with E-state index in [-0.39, 0.29) is 10.8 Å². The molecule has 0 amide bonds. The molecule has 0 fully saturated rings. The van der Waals surface area contributed by atoms with Crippen molar-refractivity contribution >= 4 is 16.3 Å². The molecule has 0 radical (unpaired) electrons. The highest BCUT2D eigenvalue weighted by Crippen LogP contribution is 2.34. The predicted molar refractivity (Wildman–Crippen MR) is 78.7 cm³/mol. The minimum absolute atomic E-state index is 0.0273. The third-order valence-corrected chi connectivity index (χ3v) is 5.00. The Morgan fingerprint density at radius 2 is 1.79 bits per heavy atom. The second-order valence-corrected chi connectivity index (χ2v) is 7.02. The third-order valence-electron chi connectivity index (χ3n) is 3.86. The van der Waals surface area contributed by atoms with Crippen molar-refractivity contribution in [3.05, 3.63) is 10.8 Å². The summed E-state index contributed by atoms with van der Waals surface area (Å²) in [5.74, 6) is 0.906. The van der Waals surface area contributed by atoms with Gasteiger partial charge in [0.25, 0.3) is 0 Å². The SMILES string of the molecule is CCC(CC)(CN)c1nn2c(C(C)(C)C)nnc2s1. The molecule has 2 aromatic rings. The molecule has 0 spiro atoms. The maximum atomic E-state index is 6.00. The maximum absolute atomic E-state index is 6.00. The molecule has 2 N–H and O–H groups in total. The van der Waals surface area contributed by atoms with Crippen molar-refractivity contribution in [2.75, 3.05) is 6.54 Å². The molecule has 2 rings (SSSR count). The molecular formula is C13H23N5S. The van der Waals surface area contributed by atoms with Gasteiger partial charge >= 0.3 is 0 Å². The van der Waals surface area contributed by atoms with Crippen LogP contribution < -0.4 is 5.73 Å². The monoisotopic (exact) mass is 281 g/mol. The second-order valence-electron chi connectivity index (χ2n) is 6.07. The summed E-state index contributed by atoms with van der Waals surface area (Å²) < 4.78 is 1.88. The summed E-state index contributed by atoms with van der Waals surface area (Å²) in [6, 6.07) is 0. The molecule has 0 aromatic carbocycles. The summed E-state index contributed by atoms with van der Waals surface area (Å²) in [4.78, 5) is 0.861. The first-order chi connectivity index (χ1) is 8.88. The maximum Gasteiger partial charge on any atom is 0.234 e. The Balaban J connectivity index is 2.56. The molecule has 0 saturated heterocycles. The number of nitrogens with two attached hydrogens (primary N) is 1. The van der Waals surface area contributed by atoms with E-state index >= 15 is 0 Å². The van der Waals surface area contributed by atoms with Crippen LogP contribution in [-0.2, 0) is 10.8 Å². The number of hydrogen-bond donors (Lipinski definition) is 1. The Kier molecular flexibility index (Phi) is 3.66. The van der Waals surface area contributed by atoms with E-state index in [1.807, 2.05) is 4.52 Å². The Labute approximate surface area is 118 Å². The van der Waals surface area contributed by atoms with Gasteiger partial charge in [0.2, 0.25) is 4.96 Å². The van der Waals surface area contributed by atoms with E-state index in [4.69, 9.17) is 10.8 Å². The van der Waals surface area contributed by atoms with Gasteiger partial charge in [0.15, 0.2) is 5.82 Å². The van der Waals surface area contributed by atoms with Crippen molar-refractivity contribution in [3.8, 4) is 0 Å². The second kappa shape index (κ2) is 4.83. The average Bonchev–Trinajstić information content (AvgIpc) is 2.90. The molecule has 0 unspecified atom stereocenters. The quantitative estimate of drug-likeness (QED) is 0.935. The average molecular weight is 281 g/mol. The molecule has 0 bridgehead atoms. The van der Waals surface area contributed by atoms with Crippen molar-refractivity contribution in [2.45, 2.75) is 58.3 Å². The lowest BCUT2D eigenvalue weighted by Crippen LogP contribution is -2.34. The van der Waals surface area contributed by atoms with Gasteiger partial charge in [0, 0.05) is 17.4 Å². The van der Waals surface area contributed by atoms with E-state index in [9.17, 15) is 0 Å². The Morgan fingerprint density at radius 1 is 1.16 bits per heavy atom. The van der Waals surface area contributed by atoms with Crippen LogP contribution in [0.5, 0.6) is 0 Å². The Bertz CT molecular complexity index is 551. The Morgan fingerprint density at radius 3 is 2.26 bits per heavy atom. The van der Waals surface area contributed by atoms with Crippen molar-refractivity contribution in [3.63, 3.8) is 0 Å². The van der Waals surface area contributed by atoms with Gasteiger partial charge in [0.05, 0.1) is 0 Å². The highest BCUT2D eigenvalue weighted by molar-refractivity contribution is 7.16. The zero-order valence-corrected chi connectivity index (χ0v) is 13.2. The van der Waals surface area contributed by atoms with E-state index < -0.39 is 0 Å². The largest absolute Gasteiger partial charge is 0.329 e. The van der Waals surface area contributed by atoms with E-state index in [2.05, 4.69) is 44.8 Å². The summed E-state index contributed by atoms with van der Waals surface area (Å²) in [5.41, 5.74) is 5.91. The first kappa shape index (κ1) is 14.4. The Hall–Kier alpha value is -1.01. The third kappa shape index (κ3) is 2.27. The first-order valence-corrected chi connectivity index (χ1v) is 7.63. The van der Waals surface area contributed by atoms with Crippen LogP contribution in [0.1, 0.15) is 58.3 Å². The minimum Gasteiger partial charge on any atom is -0.329 e. The van der Waals surface area contributed by atoms with E-state index in [1.165, 1.54) is 0 Å². The fourth-order valence-corrected chi connectivity index (χ4v) is 3.41. The summed E-state index contributed by atoms with van der Waals surface area (Å²) in [6.45, 7) is 11.3. The lowest BCUT2D eigenvalue weighted by Gasteiger charge is -2.26. The van der Waals surface area contributed by atoms with E-state index in [0.717, 1.165) is 28.6 Å². The molecule has 0 saturated carbocycles. The fourth-order valence-electron chi connectivity index (χ4n) is 2.23. The van der Waals surface area contributed by atoms with Gasteiger partial charge in [-0.1, -0.05) is 46.0 Å². The van der Waals surface area contributed by atoms with Crippen LogP contribution in [0, 0.1) is 0 Å². The van der Waals surface area contributed by atoms with Gasteiger partial charge in [-0.2, -0.15) is 9.61 Å². The van der Waals surface area contributed by atoms with Crippen LogP contribution in [0.15, 0.2) is 0 Å². The number of fused-ring (bicyclic) bond motifs is 1. The lowest BCUT2D eigenvalue weighted by atomic mass is 9.83. The molecule has 6 heteroatoms. The minimum atomic E-state index is -0.0609. The van der Waals surface area contributed by atoms with Crippen LogP contribution in [0.25, 0.3) is 4.96 Å². The van der Waals surface area contributed by atoms with Crippen LogP contribution in [0.3, 0.4) is 0 Å². The zero-order chi connectivity index (χ0) is 14.3. The van der Waals surface area contributed by atoms with Gasteiger partial charge < -0.3 is 5.73 Å². The van der Waals surface area contributed by atoms with Gasteiger partial charge in [-0.3, -0.25) is 0 Å². The normalized spacial score (nSPS) is 13.4. The van der Waals surface area contributed by atoms with Gasteiger partial charge in [-0.25, -0.2) is 0 Å². The molecule has 0 atom stereocenters. The number of rotatable bonds is 4. The van der Waals surface area contributed by atoms with Gasteiger partial charge in [-0.05, 0) is 12.8 Å². The molecule has 5 nitrogen and oxygen atoms in total. The van der Waals surface area contributed by atoms with Gasteiger partial charge in [0.1, 0.15) is 5.01 Å². The van der Waals surface area contributed by atoms with Crippen molar-refractivity contribution in [2.24, 2.45) is 5.73 Å². The summed E-state index contributed by atoms with van der Waals surface area (Å²) in [5, 5.41) is 14.3. The molecule has 0 aliphatic heterocycles. The smallest absolute Gasteiger partial charge is 0.234 e. The van der Waals surface area contributed by atoms with Gasteiger partial charge in [-0.15, -0.1) is 10.2 Å².